The van der Waals surface area contributed by atoms with Gasteiger partial charge in [0.25, 0.3) is 0 Å². The van der Waals surface area contributed by atoms with Gasteiger partial charge in [0.05, 0.1) is 0 Å². The van der Waals surface area contributed by atoms with Gasteiger partial charge in [-0.3, -0.25) is 5.43 Å². The lowest BCUT2D eigenvalue weighted by atomic mass is 9.98. The Morgan fingerprint density at radius 3 is 2.24 bits per heavy atom. The van der Waals surface area contributed by atoms with Crippen LogP contribution < -0.4 is 10.9 Å². The summed E-state index contributed by atoms with van der Waals surface area (Å²) in [5.74, 6) is 0. The van der Waals surface area contributed by atoms with Gasteiger partial charge in [0, 0.05) is 12.1 Å². The van der Waals surface area contributed by atoms with E-state index < -0.39 is 11.7 Å². The average molecular weight is 246 g/mol. The zero-order chi connectivity index (χ0) is 13.5. The first-order chi connectivity index (χ1) is 7.66. The Bertz CT molecular complexity index is 234. The van der Waals surface area contributed by atoms with Crippen molar-refractivity contribution >= 4 is 6.09 Å². The Kier molecular flexibility index (Phi) is 6.49. The lowest BCUT2D eigenvalue weighted by molar-refractivity contribution is 0.0467. The fourth-order valence-corrected chi connectivity index (χ4v) is 1.27. The van der Waals surface area contributed by atoms with Gasteiger partial charge in [-0.2, -0.15) is 0 Å². The SMILES string of the molecule is CC(C)(CCCCO)NNC(=O)OC(C)(C)C. The Morgan fingerprint density at radius 1 is 1.18 bits per heavy atom. The maximum absolute atomic E-state index is 11.4. The van der Waals surface area contributed by atoms with Gasteiger partial charge in [-0.25, -0.2) is 10.2 Å². The van der Waals surface area contributed by atoms with Crippen molar-refractivity contribution in [3.05, 3.63) is 0 Å². The van der Waals surface area contributed by atoms with Crippen molar-refractivity contribution in [3.63, 3.8) is 0 Å². The van der Waals surface area contributed by atoms with Crippen molar-refractivity contribution in [2.45, 2.75) is 65.0 Å². The van der Waals surface area contributed by atoms with Gasteiger partial charge < -0.3 is 9.84 Å². The normalized spacial score (nSPS) is 12.4. The molecule has 0 spiro atoms. The number of unbranched alkanes of at least 4 members (excludes halogenated alkanes) is 1. The second-order valence-electron chi connectivity index (χ2n) is 5.82. The third-order valence-electron chi connectivity index (χ3n) is 2.11. The number of ether oxygens (including phenoxy) is 1. The fraction of sp³-hybridized carbons (Fsp3) is 0.917. The van der Waals surface area contributed by atoms with E-state index in [2.05, 4.69) is 10.9 Å². The second-order valence-corrected chi connectivity index (χ2v) is 5.82. The summed E-state index contributed by atoms with van der Waals surface area (Å²) in [6.45, 7) is 9.63. The topological polar surface area (TPSA) is 70.6 Å². The van der Waals surface area contributed by atoms with Crippen LogP contribution in [0.2, 0.25) is 0 Å². The zero-order valence-corrected chi connectivity index (χ0v) is 11.6. The average Bonchev–Trinajstić information content (AvgIpc) is 2.13. The quantitative estimate of drug-likeness (QED) is 0.495. The first-order valence-electron chi connectivity index (χ1n) is 6.03. The van der Waals surface area contributed by atoms with E-state index in [1.54, 1.807) is 0 Å². The lowest BCUT2D eigenvalue weighted by Crippen LogP contribution is -2.51. The summed E-state index contributed by atoms with van der Waals surface area (Å²) in [5, 5.41) is 8.70. The van der Waals surface area contributed by atoms with E-state index in [1.165, 1.54) is 0 Å². The summed E-state index contributed by atoms with van der Waals surface area (Å²) in [4.78, 5) is 11.4. The summed E-state index contributed by atoms with van der Waals surface area (Å²) in [7, 11) is 0. The maximum Gasteiger partial charge on any atom is 0.422 e. The van der Waals surface area contributed by atoms with Crippen LogP contribution in [0.4, 0.5) is 4.79 Å². The zero-order valence-electron chi connectivity index (χ0n) is 11.6. The van der Waals surface area contributed by atoms with Crippen molar-refractivity contribution in [3.8, 4) is 0 Å². The molecule has 17 heavy (non-hydrogen) atoms. The monoisotopic (exact) mass is 246 g/mol. The highest BCUT2D eigenvalue weighted by molar-refractivity contribution is 5.67. The minimum atomic E-state index is -0.493. The van der Waals surface area contributed by atoms with E-state index in [0.717, 1.165) is 19.3 Å². The van der Waals surface area contributed by atoms with E-state index in [4.69, 9.17) is 9.84 Å². The molecule has 0 saturated carbocycles. The number of aliphatic hydroxyl groups is 1. The fourth-order valence-electron chi connectivity index (χ4n) is 1.27. The van der Waals surface area contributed by atoms with Crippen LogP contribution in [0.5, 0.6) is 0 Å². The summed E-state index contributed by atoms with van der Waals surface area (Å²) in [5.41, 5.74) is 4.76. The van der Waals surface area contributed by atoms with Gasteiger partial charge in [-0.15, -0.1) is 0 Å². The molecule has 0 fully saturated rings. The molecule has 0 aliphatic rings. The molecule has 0 heterocycles. The van der Waals surface area contributed by atoms with Gasteiger partial charge in [-0.1, -0.05) is 0 Å². The third kappa shape index (κ3) is 10.1. The van der Waals surface area contributed by atoms with Gasteiger partial charge in [-0.05, 0) is 53.9 Å². The molecule has 0 rings (SSSR count). The Labute approximate surface area is 104 Å². The molecule has 0 aromatic heterocycles. The molecule has 0 aromatic carbocycles. The van der Waals surface area contributed by atoms with Crippen LogP contribution in [-0.2, 0) is 4.74 Å². The van der Waals surface area contributed by atoms with Crippen LogP contribution in [0.3, 0.4) is 0 Å². The highest BCUT2D eigenvalue weighted by Crippen LogP contribution is 2.12. The molecule has 102 valence electrons. The molecule has 5 heteroatoms. The highest BCUT2D eigenvalue weighted by atomic mass is 16.6. The van der Waals surface area contributed by atoms with Crippen LogP contribution in [-0.4, -0.2) is 28.9 Å². The molecule has 0 atom stereocenters. The number of rotatable bonds is 6. The summed E-state index contributed by atoms with van der Waals surface area (Å²) in [6, 6.07) is 0. The molecule has 0 aliphatic carbocycles. The molecular weight excluding hydrogens is 220 g/mol. The van der Waals surface area contributed by atoms with Crippen molar-refractivity contribution in [1.29, 1.82) is 0 Å². The molecule has 1 amide bonds. The van der Waals surface area contributed by atoms with Gasteiger partial charge >= 0.3 is 6.09 Å². The molecule has 0 bridgehead atoms. The predicted molar refractivity (Wildman–Crippen MR) is 67.5 cm³/mol. The van der Waals surface area contributed by atoms with Crippen molar-refractivity contribution in [1.82, 2.24) is 10.9 Å². The van der Waals surface area contributed by atoms with Crippen molar-refractivity contribution in [2.24, 2.45) is 0 Å². The van der Waals surface area contributed by atoms with Crippen LogP contribution >= 0.6 is 0 Å². The first kappa shape index (κ1) is 16.2. The van der Waals surface area contributed by atoms with Gasteiger partial charge in [0.1, 0.15) is 5.60 Å². The van der Waals surface area contributed by atoms with Gasteiger partial charge in [0.15, 0.2) is 0 Å². The van der Waals surface area contributed by atoms with Crippen LogP contribution in [0.25, 0.3) is 0 Å². The Morgan fingerprint density at radius 2 is 1.76 bits per heavy atom. The van der Waals surface area contributed by atoms with Crippen LogP contribution in [0.15, 0.2) is 0 Å². The maximum atomic E-state index is 11.4. The van der Waals surface area contributed by atoms with Crippen molar-refractivity contribution < 1.29 is 14.6 Å². The van der Waals surface area contributed by atoms with E-state index in [-0.39, 0.29) is 12.1 Å². The Balaban J connectivity index is 3.88. The van der Waals surface area contributed by atoms with Crippen LogP contribution in [0.1, 0.15) is 53.9 Å². The molecule has 0 unspecified atom stereocenters. The number of aliphatic hydroxyl groups excluding tert-OH is 1. The third-order valence-corrected chi connectivity index (χ3v) is 2.11. The number of nitrogens with one attached hydrogen (secondary N) is 2. The molecule has 0 aliphatic heterocycles. The van der Waals surface area contributed by atoms with E-state index in [0.29, 0.717) is 0 Å². The number of amides is 1. The predicted octanol–water partition coefficient (Wildman–Crippen LogP) is 1.96. The largest absolute Gasteiger partial charge is 0.443 e. The Hall–Kier alpha value is -0.810. The molecular formula is C12H26N2O3. The molecule has 5 nitrogen and oxygen atoms in total. The van der Waals surface area contributed by atoms with Crippen LogP contribution in [0, 0.1) is 0 Å². The molecule has 0 saturated heterocycles. The summed E-state index contributed by atoms with van der Waals surface area (Å²) >= 11 is 0. The number of carbonyl (C=O) groups excluding carboxylic acids is 1. The van der Waals surface area contributed by atoms with Crippen molar-refractivity contribution in [2.75, 3.05) is 6.61 Å². The number of hydrazine groups is 1. The minimum absolute atomic E-state index is 0.204. The van der Waals surface area contributed by atoms with Gasteiger partial charge in [0.2, 0.25) is 0 Å². The van der Waals surface area contributed by atoms with E-state index in [1.807, 2.05) is 34.6 Å². The number of carbonyl (C=O) groups is 1. The molecule has 0 radical (unpaired) electrons. The lowest BCUT2D eigenvalue weighted by Gasteiger charge is -2.27. The van der Waals surface area contributed by atoms with E-state index in [9.17, 15) is 4.79 Å². The minimum Gasteiger partial charge on any atom is -0.443 e. The molecule has 0 aromatic rings. The summed E-state index contributed by atoms with van der Waals surface area (Å²) in [6.07, 6.45) is 2.07. The number of hydrogen-bond donors (Lipinski definition) is 3. The summed E-state index contributed by atoms with van der Waals surface area (Å²) < 4.78 is 5.11. The second kappa shape index (κ2) is 6.81. The van der Waals surface area contributed by atoms with E-state index >= 15 is 0 Å². The highest BCUT2D eigenvalue weighted by Gasteiger charge is 2.20. The first-order valence-corrected chi connectivity index (χ1v) is 6.03. The molecule has 3 N–H and O–H groups in total. The smallest absolute Gasteiger partial charge is 0.422 e. The standard InChI is InChI=1S/C12H26N2O3/c1-11(2,3)17-10(16)13-14-12(4,5)8-6-7-9-15/h14-15H,6-9H2,1-5H3,(H,13,16). The number of hydrogen-bond acceptors (Lipinski definition) is 4.